The molecule has 0 aliphatic heterocycles. The summed E-state index contributed by atoms with van der Waals surface area (Å²) in [5, 5.41) is 2.95. The highest BCUT2D eigenvalue weighted by molar-refractivity contribution is 5.94. The van der Waals surface area contributed by atoms with Gasteiger partial charge >= 0.3 is 0 Å². The van der Waals surface area contributed by atoms with Crippen LogP contribution in [0.3, 0.4) is 0 Å². The van der Waals surface area contributed by atoms with Gasteiger partial charge in [0.25, 0.3) is 5.91 Å². The quantitative estimate of drug-likeness (QED) is 0.836. The first-order chi connectivity index (χ1) is 13.1. The van der Waals surface area contributed by atoms with Crippen LogP contribution >= 0.6 is 0 Å². The lowest BCUT2D eigenvalue weighted by atomic mass is 9.92. The van der Waals surface area contributed by atoms with Gasteiger partial charge in [0, 0.05) is 11.6 Å². The van der Waals surface area contributed by atoms with Gasteiger partial charge in [0.05, 0.1) is 26.6 Å². The van der Waals surface area contributed by atoms with Crippen LogP contribution in [0.25, 0.3) is 0 Å². The van der Waals surface area contributed by atoms with Crippen LogP contribution in [-0.2, 0) is 0 Å². The van der Waals surface area contributed by atoms with E-state index in [9.17, 15) is 9.18 Å². The maximum absolute atomic E-state index is 13.8. The number of nitrogens with one attached hydrogen (secondary N) is 1. The van der Waals surface area contributed by atoms with Crippen molar-refractivity contribution in [1.82, 2.24) is 15.3 Å². The molecule has 0 radical (unpaired) electrons. The molecule has 3 rings (SSSR count). The van der Waals surface area contributed by atoms with Crippen molar-refractivity contribution in [2.45, 2.75) is 37.8 Å². The lowest BCUT2D eigenvalue weighted by Crippen LogP contribution is -2.39. The lowest BCUT2D eigenvalue weighted by Gasteiger charge is -2.29. The van der Waals surface area contributed by atoms with Crippen molar-refractivity contribution in [3.8, 4) is 17.5 Å². The first-order valence-electron chi connectivity index (χ1n) is 8.76. The van der Waals surface area contributed by atoms with Crippen molar-refractivity contribution in [2.75, 3.05) is 14.2 Å². The zero-order valence-electron chi connectivity index (χ0n) is 15.3. The number of nitrogens with zero attached hydrogens (tertiary/aromatic N) is 2. The van der Waals surface area contributed by atoms with E-state index in [0.717, 1.165) is 25.7 Å². The van der Waals surface area contributed by atoms with Crippen LogP contribution in [0.15, 0.2) is 30.6 Å². The predicted octanol–water partition coefficient (Wildman–Crippen LogP) is 2.75. The van der Waals surface area contributed by atoms with E-state index < -0.39 is 5.82 Å². The van der Waals surface area contributed by atoms with Crippen molar-refractivity contribution >= 4 is 5.91 Å². The van der Waals surface area contributed by atoms with Gasteiger partial charge in [-0.1, -0.05) is 0 Å². The highest BCUT2D eigenvalue weighted by Gasteiger charge is 2.24. The average Bonchev–Trinajstić information content (AvgIpc) is 2.69. The summed E-state index contributed by atoms with van der Waals surface area (Å²) in [6.07, 6.45) is 6.18. The summed E-state index contributed by atoms with van der Waals surface area (Å²) in [4.78, 5) is 20.5. The second-order valence-electron chi connectivity index (χ2n) is 6.31. The minimum Gasteiger partial charge on any atom is -0.494 e. The number of carbonyl (C=O) groups excluding carboxylic acids is 1. The third-order valence-electron chi connectivity index (χ3n) is 4.51. The van der Waals surface area contributed by atoms with Gasteiger partial charge in [0.2, 0.25) is 11.8 Å². The number of halogens is 1. The molecule has 0 bridgehead atoms. The summed E-state index contributed by atoms with van der Waals surface area (Å²) in [5.74, 6) is 0.0989. The summed E-state index contributed by atoms with van der Waals surface area (Å²) in [7, 11) is 2.91. The van der Waals surface area contributed by atoms with Crippen molar-refractivity contribution in [3.63, 3.8) is 0 Å². The molecule has 0 atom stereocenters. The van der Waals surface area contributed by atoms with E-state index in [2.05, 4.69) is 15.3 Å². The van der Waals surface area contributed by atoms with Gasteiger partial charge in [0.1, 0.15) is 6.10 Å². The minimum atomic E-state index is -0.554. The zero-order chi connectivity index (χ0) is 19.2. The number of methoxy groups -OCH3 is 2. The topological polar surface area (TPSA) is 82.6 Å². The van der Waals surface area contributed by atoms with E-state index in [1.807, 2.05) is 0 Å². The number of rotatable bonds is 6. The second kappa shape index (κ2) is 8.66. The lowest BCUT2D eigenvalue weighted by molar-refractivity contribution is 0.0888. The fraction of sp³-hybridized carbons (Fsp3) is 0.421. The molecule has 1 aromatic heterocycles. The largest absolute Gasteiger partial charge is 0.494 e. The minimum absolute atomic E-state index is 0.0120. The summed E-state index contributed by atoms with van der Waals surface area (Å²) in [6, 6.07) is 4.21. The zero-order valence-corrected chi connectivity index (χ0v) is 15.3. The van der Waals surface area contributed by atoms with Crippen molar-refractivity contribution in [2.24, 2.45) is 0 Å². The Kier molecular flexibility index (Phi) is 6.05. The Bertz CT molecular complexity index is 794. The van der Waals surface area contributed by atoms with Gasteiger partial charge in [-0.2, -0.15) is 4.98 Å². The normalized spacial score (nSPS) is 19.2. The van der Waals surface area contributed by atoms with Gasteiger partial charge in [-0.3, -0.25) is 9.78 Å². The molecule has 0 saturated heterocycles. The molecule has 1 saturated carbocycles. The third kappa shape index (κ3) is 4.84. The number of aromatic nitrogens is 2. The number of amides is 1. The Morgan fingerprint density at radius 3 is 2.52 bits per heavy atom. The van der Waals surface area contributed by atoms with E-state index >= 15 is 0 Å². The van der Waals surface area contributed by atoms with E-state index in [0.29, 0.717) is 11.8 Å². The van der Waals surface area contributed by atoms with Gasteiger partial charge < -0.3 is 19.5 Å². The van der Waals surface area contributed by atoms with Gasteiger partial charge in [0.15, 0.2) is 11.6 Å². The molecule has 1 fully saturated rings. The summed E-state index contributed by atoms with van der Waals surface area (Å²) < 4.78 is 29.5. The number of benzene rings is 1. The highest BCUT2D eigenvalue weighted by Crippen LogP contribution is 2.24. The molecule has 2 aromatic rings. The highest BCUT2D eigenvalue weighted by atomic mass is 19.1. The van der Waals surface area contributed by atoms with Crippen molar-refractivity contribution < 1.29 is 23.4 Å². The van der Waals surface area contributed by atoms with Gasteiger partial charge in [-0.15, -0.1) is 0 Å². The molecule has 1 amide bonds. The van der Waals surface area contributed by atoms with Gasteiger partial charge in [-0.05, 0) is 43.9 Å². The molecule has 1 aromatic carbocycles. The first kappa shape index (κ1) is 18.9. The fourth-order valence-corrected chi connectivity index (χ4v) is 3.06. The summed E-state index contributed by atoms with van der Waals surface area (Å²) in [6.45, 7) is 0. The molecule has 1 aliphatic rings. The van der Waals surface area contributed by atoms with E-state index in [4.69, 9.17) is 14.2 Å². The van der Waals surface area contributed by atoms with Gasteiger partial charge in [-0.25, -0.2) is 4.39 Å². The van der Waals surface area contributed by atoms with Crippen molar-refractivity contribution in [3.05, 3.63) is 42.0 Å². The molecule has 27 heavy (non-hydrogen) atoms. The van der Waals surface area contributed by atoms with E-state index in [1.54, 1.807) is 12.3 Å². The standard InChI is InChI=1S/C19H22FN3O4/c1-25-16-8-3-12(9-15(16)20)19(24)22-13-4-6-14(7-5-13)27-18-11-21-10-17(23-18)26-2/h3,8-11,13-14H,4-7H2,1-2H3,(H,22,24). The third-order valence-corrected chi connectivity index (χ3v) is 4.51. The number of hydrogen-bond acceptors (Lipinski definition) is 6. The monoisotopic (exact) mass is 375 g/mol. The van der Waals surface area contributed by atoms with Crippen LogP contribution in [0.4, 0.5) is 4.39 Å². The molecular formula is C19H22FN3O4. The molecule has 1 N–H and O–H groups in total. The Balaban J connectivity index is 1.50. The molecule has 8 heteroatoms. The van der Waals surface area contributed by atoms with Crippen LogP contribution < -0.4 is 19.5 Å². The fourth-order valence-electron chi connectivity index (χ4n) is 3.06. The molecule has 144 valence electrons. The van der Waals surface area contributed by atoms with E-state index in [1.165, 1.54) is 32.5 Å². The molecule has 7 nitrogen and oxygen atoms in total. The van der Waals surface area contributed by atoms with Crippen LogP contribution in [0.1, 0.15) is 36.0 Å². The molecular weight excluding hydrogens is 353 g/mol. The molecule has 1 aliphatic carbocycles. The van der Waals surface area contributed by atoms with Crippen LogP contribution in [-0.4, -0.2) is 42.2 Å². The number of hydrogen-bond donors (Lipinski definition) is 1. The Morgan fingerprint density at radius 1 is 1.11 bits per heavy atom. The Morgan fingerprint density at radius 2 is 1.85 bits per heavy atom. The average molecular weight is 375 g/mol. The predicted molar refractivity (Wildman–Crippen MR) is 95.7 cm³/mol. The molecule has 1 heterocycles. The maximum atomic E-state index is 13.8. The molecule has 0 spiro atoms. The Labute approximate surface area is 156 Å². The van der Waals surface area contributed by atoms with Crippen LogP contribution in [0.5, 0.6) is 17.5 Å². The van der Waals surface area contributed by atoms with E-state index in [-0.39, 0.29) is 29.4 Å². The second-order valence-corrected chi connectivity index (χ2v) is 6.31. The number of ether oxygens (including phenoxy) is 3. The van der Waals surface area contributed by atoms with Crippen LogP contribution in [0.2, 0.25) is 0 Å². The molecule has 0 unspecified atom stereocenters. The summed E-state index contributed by atoms with van der Waals surface area (Å²) in [5.41, 5.74) is 0.276. The SMILES string of the molecule is COc1cncc(OC2CCC(NC(=O)c3ccc(OC)c(F)c3)CC2)n1. The Hall–Kier alpha value is -2.90. The summed E-state index contributed by atoms with van der Waals surface area (Å²) >= 11 is 0. The number of carbonyl (C=O) groups is 1. The smallest absolute Gasteiger partial charge is 0.251 e. The van der Waals surface area contributed by atoms with Crippen LogP contribution in [0, 0.1) is 5.82 Å². The maximum Gasteiger partial charge on any atom is 0.251 e. The first-order valence-corrected chi connectivity index (χ1v) is 8.76. The van der Waals surface area contributed by atoms with Crippen molar-refractivity contribution in [1.29, 1.82) is 0 Å².